The molecule has 122 valence electrons. The number of amides is 1. The van der Waals surface area contributed by atoms with Gasteiger partial charge in [-0.05, 0) is 35.9 Å². The molecule has 2 aromatic carbocycles. The van der Waals surface area contributed by atoms with Crippen LogP contribution >= 0.6 is 0 Å². The molecular formula is C17H12F2N2O3. The van der Waals surface area contributed by atoms with Gasteiger partial charge in [0.2, 0.25) is 0 Å². The van der Waals surface area contributed by atoms with E-state index in [9.17, 15) is 23.5 Å². The molecule has 1 amide bonds. The summed E-state index contributed by atoms with van der Waals surface area (Å²) in [5.41, 5.74) is 0.850. The molecule has 0 aliphatic carbocycles. The first-order chi connectivity index (χ1) is 11.4. The van der Waals surface area contributed by atoms with Crippen molar-refractivity contribution < 1.29 is 23.5 Å². The average molecular weight is 330 g/mol. The number of aliphatic carboxylic acids is 1. The lowest BCUT2D eigenvalue weighted by Gasteiger charge is -2.15. The van der Waals surface area contributed by atoms with Crippen LogP contribution in [0.1, 0.15) is 21.5 Å². The van der Waals surface area contributed by atoms with E-state index in [1.165, 1.54) is 12.1 Å². The number of benzene rings is 2. The first kappa shape index (κ1) is 17.1. The van der Waals surface area contributed by atoms with Crippen LogP contribution in [0.4, 0.5) is 8.78 Å². The number of nitrogens with one attached hydrogen (secondary N) is 1. The number of rotatable bonds is 5. The molecule has 2 N–H and O–H groups in total. The zero-order chi connectivity index (χ0) is 17.7. The highest BCUT2D eigenvalue weighted by atomic mass is 19.2. The van der Waals surface area contributed by atoms with Crippen LogP contribution in [0.3, 0.4) is 0 Å². The second-order valence-electron chi connectivity index (χ2n) is 5.01. The summed E-state index contributed by atoms with van der Waals surface area (Å²) >= 11 is 0. The van der Waals surface area contributed by atoms with Crippen molar-refractivity contribution in [3.05, 3.63) is 70.8 Å². The van der Waals surface area contributed by atoms with Gasteiger partial charge in [0.1, 0.15) is 6.04 Å². The lowest BCUT2D eigenvalue weighted by Crippen LogP contribution is -2.42. The van der Waals surface area contributed by atoms with Crippen LogP contribution in [-0.4, -0.2) is 23.0 Å². The zero-order valence-corrected chi connectivity index (χ0v) is 12.3. The summed E-state index contributed by atoms with van der Waals surface area (Å²) in [6.45, 7) is 0. The standard InChI is InChI=1S/C17H12F2N2O3/c18-13-6-5-12(8-14(13)19)16(22)21-15(17(23)24)7-10-1-3-11(9-20)4-2-10/h1-6,8,15H,7H2,(H,21,22)(H,23,24)/t15-/m1/s1. The van der Waals surface area contributed by atoms with Gasteiger partial charge in [-0.1, -0.05) is 12.1 Å². The molecule has 0 radical (unpaired) electrons. The maximum absolute atomic E-state index is 13.2. The molecule has 0 aliphatic rings. The average Bonchev–Trinajstić information content (AvgIpc) is 2.57. The number of carboxylic acid groups (broad SMARTS) is 1. The summed E-state index contributed by atoms with van der Waals surface area (Å²) in [6, 6.07) is 9.48. The number of carbonyl (C=O) groups is 2. The number of nitrogens with zero attached hydrogens (tertiary/aromatic N) is 1. The summed E-state index contributed by atoms with van der Waals surface area (Å²) in [7, 11) is 0. The number of carboxylic acids is 1. The third-order valence-corrected chi connectivity index (χ3v) is 3.31. The third kappa shape index (κ3) is 4.14. The van der Waals surface area contributed by atoms with Crippen LogP contribution in [0.15, 0.2) is 42.5 Å². The van der Waals surface area contributed by atoms with Crippen LogP contribution in [0.25, 0.3) is 0 Å². The molecule has 2 aromatic rings. The molecule has 0 saturated carbocycles. The third-order valence-electron chi connectivity index (χ3n) is 3.31. The molecule has 1 atom stereocenters. The Morgan fingerprint density at radius 1 is 1.12 bits per heavy atom. The van der Waals surface area contributed by atoms with Crippen LogP contribution in [0, 0.1) is 23.0 Å². The summed E-state index contributed by atoms with van der Waals surface area (Å²) < 4.78 is 26.0. The molecule has 0 spiro atoms. The lowest BCUT2D eigenvalue weighted by molar-refractivity contribution is -0.139. The van der Waals surface area contributed by atoms with Crippen molar-refractivity contribution in [1.29, 1.82) is 5.26 Å². The molecule has 0 heterocycles. The van der Waals surface area contributed by atoms with Crippen LogP contribution in [0.5, 0.6) is 0 Å². The van der Waals surface area contributed by atoms with Crippen molar-refractivity contribution in [1.82, 2.24) is 5.32 Å². The quantitative estimate of drug-likeness (QED) is 0.880. The molecule has 0 bridgehead atoms. The lowest BCUT2D eigenvalue weighted by atomic mass is 10.0. The Morgan fingerprint density at radius 3 is 2.33 bits per heavy atom. The van der Waals surface area contributed by atoms with Crippen LogP contribution in [-0.2, 0) is 11.2 Å². The summed E-state index contributed by atoms with van der Waals surface area (Å²) in [5.74, 6) is -4.38. The van der Waals surface area contributed by atoms with Gasteiger partial charge in [-0.2, -0.15) is 5.26 Å². The van der Waals surface area contributed by atoms with E-state index in [4.69, 9.17) is 5.26 Å². The highest BCUT2D eigenvalue weighted by Crippen LogP contribution is 2.10. The predicted molar refractivity (Wildman–Crippen MR) is 80.1 cm³/mol. The fourth-order valence-corrected chi connectivity index (χ4v) is 2.03. The molecule has 0 saturated heterocycles. The number of nitriles is 1. The first-order valence-electron chi connectivity index (χ1n) is 6.88. The monoisotopic (exact) mass is 330 g/mol. The Morgan fingerprint density at radius 2 is 1.79 bits per heavy atom. The van der Waals surface area contributed by atoms with Crippen molar-refractivity contribution in [2.45, 2.75) is 12.5 Å². The van der Waals surface area contributed by atoms with Gasteiger partial charge in [0.05, 0.1) is 11.6 Å². The normalized spacial score (nSPS) is 11.4. The number of carbonyl (C=O) groups excluding carboxylic acids is 1. The smallest absolute Gasteiger partial charge is 0.326 e. The van der Waals surface area contributed by atoms with E-state index in [1.54, 1.807) is 12.1 Å². The molecule has 7 heteroatoms. The van der Waals surface area contributed by atoms with Gasteiger partial charge in [0.25, 0.3) is 5.91 Å². The Bertz CT molecular complexity index is 814. The van der Waals surface area contributed by atoms with Crippen molar-refractivity contribution >= 4 is 11.9 Å². The van der Waals surface area contributed by atoms with Gasteiger partial charge in [-0.15, -0.1) is 0 Å². The molecule has 0 unspecified atom stereocenters. The highest BCUT2D eigenvalue weighted by molar-refractivity contribution is 5.96. The molecule has 2 rings (SSSR count). The number of hydrogen-bond donors (Lipinski definition) is 2. The van der Waals surface area contributed by atoms with Gasteiger partial charge in [-0.3, -0.25) is 4.79 Å². The second kappa shape index (κ2) is 7.33. The van der Waals surface area contributed by atoms with E-state index < -0.39 is 29.6 Å². The van der Waals surface area contributed by atoms with E-state index in [0.29, 0.717) is 17.2 Å². The SMILES string of the molecule is N#Cc1ccc(C[C@@H](NC(=O)c2ccc(F)c(F)c2)C(=O)O)cc1. The van der Waals surface area contributed by atoms with Gasteiger partial charge >= 0.3 is 5.97 Å². The first-order valence-corrected chi connectivity index (χ1v) is 6.88. The van der Waals surface area contributed by atoms with Gasteiger partial charge in [0.15, 0.2) is 11.6 Å². The highest BCUT2D eigenvalue weighted by Gasteiger charge is 2.21. The summed E-state index contributed by atoms with van der Waals surface area (Å²) in [6.07, 6.45) is -0.0174. The maximum Gasteiger partial charge on any atom is 0.326 e. The molecule has 5 nitrogen and oxygen atoms in total. The van der Waals surface area contributed by atoms with Crippen molar-refractivity contribution in [2.24, 2.45) is 0 Å². The Balaban J connectivity index is 2.12. The minimum absolute atomic E-state index is 0.0174. The van der Waals surface area contributed by atoms with E-state index in [0.717, 1.165) is 12.1 Å². The van der Waals surface area contributed by atoms with Crippen LogP contribution in [0.2, 0.25) is 0 Å². The fourth-order valence-electron chi connectivity index (χ4n) is 2.03. The Labute approximate surface area is 136 Å². The van der Waals surface area contributed by atoms with E-state index >= 15 is 0 Å². The van der Waals surface area contributed by atoms with Gasteiger partial charge in [0, 0.05) is 12.0 Å². The van der Waals surface area contributed by atoms with Crippen molar-refractivity contribution in [2.75, 3.05) is 0 Å². The van der Waals surface area contributed by atoms with E-state index in [-0.39, 0.29) is 12.0 Å². The predicted octanol–water partition coefficient (Wildman–Crippen LogP) is 2.26. The Kier molecular flexibility index (Phi) is 5.22. The molecule has 0 fully saturated rings. The maximum atomic E-state index is 13.2. The topological polar surface area (TPSA) is 90.2 Å². The molecule has 0 aromatic heterocycles. The number of halogens is 2. The van der Waals surface area contributed by atoms with E-state index in [1.807, 2.05) is 6.07 Å². The van der Waals surface area contributed by atoms with Crippen molar-refractivity contribution in [3.63, 3.8) is 0 Å². The van der Waals surface area contributed by atoms with Gasteiger partial charge in [-0.25, -0.2) is 13.6 Å². The van der Waals surface area contributed by atoms with Crippen LogP contribution < -0.4 is 5.32 Å². The summed E-state index contributed by atoms with van der Waals surface area (Å²) in [5, 5.41) is 20.2. The van der Waals surface area contributed by atoms with E-state index in [2.05, 4.69) is 5.32 Å². The summed E-state index contributed by atoms with van der Waals surface area (Å²) in [4.78, 5) is 23.3. The largest absolute Gasteiger partial charge is 0.480 e. The minimum Gasteiger partial charge on any atom is -0.480 e. The Hall–Kier alpha value is -3.27. The zero-order valence-electron chi connectivity index (χ0n) is 12.3. The molecular weight excluding hydrogens is 318 g/mol. The molecule has 24 heavy (non-hydrogen) atoms. The van der Waals surface area contributed by atoms with Gasteiger partial charge < -0.3 is 10.4 Å². The minimum atomic E-state index is -1.27. The fraction of sp³-hybridized carbons (Fsp3) is 0.118. The number of hydrogen-bond acceptors (Lipinski definition) is 3. The molecule has 0 aliphatic heterocycles. The second-order valence-corrected chi connectivity index (χ2v) is 5.01. The van der Waals surface area contributed by atoms with Crippen molar-refractivity contribution in [3.8, 4) is 6.07 Å².